The van der Waals surface area contributed by atoms with Gasteiger partial charge < -0.3 is 14.4 Å². The van der Waals surface area contributed by atoms with Gasteiger partial charge in [0.15, 0.2) is 17.3 Å². The number of aromatic nitrogens is 5. The van der Waals surface area contributed by atoms with Crippen LogP contribution in [0.4, 0.5) is 0 Å². The zero-order valence-electron chi connectivity index (χ0n) is 20.6. The van der Waals surface area contributed by atoms with Gasteiger partial charge in [-0.25, -0.2) is 14.6 Å². The monoisotopic (exact) mass is 484 g/mol. The van der Waals surface area contributed by atoms with Gasteiger partial charge in [-0.3, -0.25) is 9.78 Å². The Kier molecular flexibility index (Phi) is 6.62. The average Bonchev–Trinajstić information content (AvgIpc) is 3.26. The third-order valence-corrected chi connectivity index (χ3v) is 6.26. The third-order valence-electron chi connectivity index (χ3n) is 6.26. The van der Waals surface area contributed by atoms with E-state index < -0.39 is 0 Å². The smallest absolute Gasteiger partial charge is 0.255 e. The van der Waals surface area contributed by atoms with Crippen molar-refractivity contribution in [1.29, 1.82) is 0 Å². The summed E-state index contributed by atoms with van der Waals surface area (Å²) in [7, 11) is 1.60. The van der Waals surface area contributed by atoms with Crippen molar-refractivity contribution >= 4 is 5.91 Å². The fourth-order valence-corrected chi connectivity index (χ4v) is 4.51. The van der Waals surface area contributed by atoms with Gasteiger partial charge in [-0.2, -0.15) is 5.10 Å². The Balaban J connectivity index is 1.29. The average molecular weight is 485 g/mol. The molecule has 1 aliphatic heterocycles. The molecule has 1 amide bonds. The van der Waals surface area contributed by atoms with Crippen LogP contribution in [0.3, 0.4) is 0 Å². The van der Waals surface area contributed by atoms with Gasteiger partial charge in [0.05, 0.1) is 30.3 Å². The molecule has 36 heavy (non-hydrogen) atoms. The first-order valence-electron chi connectivity index (χ1n) is 11.9. The van der Waals surface area contributed by atoms with E-state index in [9.17, 15) is 4.79 Å². The summed E-state index contributed by atoms with van der Waals surface area (Å²) >= 11 is 0. The summed E-state index contributed by atoms with van der Waals surface area (Å²) in [5.74, 6) is 2.31. The molecule has 0 bridgehead atoms. The fraction of sp³-hybridized carbons (Fsp3) is 0.296. The molecule has 0 saturated carbocycles. The van der Waals surface area contributed by atoms with E-state index in [1.807, 2.05) is 61.2 Å². The highest BCUT2D eigenvalue weighted by Gasteiger charge is 2.27. The zero-order chi connectivity index (χ0) is 25.1. The van der Waals surface area contributed by atoms with Crippen LogP contribution in [0.1, 0.15) is 46.2 Å². The molecule has 0 unspecified atom stereocenters. The number of rotatable bonds is 6. The maximum atomic E-state index is 13.3. The number of aryl methyl sites for hydroxylation is 2. The number of benzene rings is 1. The lowest BCUT2D eigenvalue weighted by molar-refractivity contribution is 0.0705. The molecule has 1 atom stereocenters. The molecular formula is C27H28N6O3. The Morgan fingerprint density at radius 1 is 1.06 bits per heavy atom. The van der Waals surface area contributed by atoms with Crippen molar-refractivity contribution in [2.24, 2.45) is 0 Å². The van der Waals surface area contributed by atoms with Crippen LogP contribution in [0.5, 0.6) is 17.4 Å². The van der Waals surface area contributed by atoms with Crippen LogP contribution < -0.4 is 9.47 Å². The summed E-state index contributed by atoms with van der Waals surface area (Å²) in [4.78, 5) is 28.6. The topological polar surface area (TPSA) is 95.3 Å². The lowest BCUT2D eigenvalue weighted by Crippen LogP contribution is -2.39. The second-order valence-corrected chi connectivity index (χ2v) is 8.87. The molecule has 4 aromatic rings. The summed E-state index contributed by atoms with van der Waals surface area (Å²) in [5.41, 5.74) is 3.28. The van der Waals surface area contributed by atoms with Crippen molar-refractivity contribution in [3.8, 4) is 23.2 Å². The number of pyridine rings is 1. The number of hydrogen-bond donors (Lipinski definition) is 0. The minimum Gasteiger partial charge on any atom is -0.493 e. The minimum absolute atomic E-state index is 0.0403. The number of hydrogen-bond acceptors (Lipinski definition) is 7. The van der Waals surface area contributed by atoms with E-state index >= 15 is 0 Å². The first-order valence-corrected chi connectivity index (χ1v) is 11.9. The van der Waals surface area contributed by atoms with Gasteiger partial charge in [-0.15, -0.1) is 0 Å². The highest BCUT2D eigenvalue weighted by Crippen LogP contribution is 2.32. The van der Waals surface area contributed by atoms with E-state index in [2.05, 4.69) is 20.1 Å². The molecule has 9 heteroatoms. The van der Waals surface area contributed by atoms with E-state index in [0.29, 0.717) is 41.8 Å². The second kappa shape index (κ2) is 10.2. The highest BCUT2D eigenvalue weighted by atomic mass is 16.5. The second-order valence-electron chi connectivity index (χ2n) is 8.87. The highest BCUT2D eigenvalue weighted by molar-refractivity contribution is 5.94. The maximum absolute atomic E-state index is 13.3. The molecule has 0 aliphatic carbocycles. The Morgan fingerprint density at radius 2 is 1.89 bits per heavy atom. The first-order chi connectivity index (χ1) is 17.5. The largest absolute Gasteiger partial charge is 0.493 e. The molecule has 9 nitrogen and oxygen atoms in total. The Morgan fingerprint density at radius 3 is 2.61 bits per heavy atom. The summed E-state index contributed by atoms with van der Waals surface area (Å²) in [5, 5.41) is 4.46. The zero-order valence-corrected chi connectivity index (χ0v) is 20.6. The van der Waals surface area contributed by atoms with Crippen LogP contribution in [-0.4, -0.2) is 55.7 Å². The van der Waals surface area contributed by atoms with Gasteiger partial charge in [0.2, 0.25) is 5.88 Å². The molecule has 4 heterocycles. The molecule has 184 valence electrons. The Hall–Kier alpha value is -4.27. The van der Waals surface area contributed by atoms with Gasteiger partial charge in [0.1, 0.15) is 0 Å². The van der Waals surface area contributed by atoms with Gasteiger partial charge in [-0.05, 0) is 57.0 Å². The number of likely N-dealkylation sites (tertiary alicyclic amines) is 1. The fourth-order valence-electron chi connectivity index (χ4n) is 4.51. The van der Waals surface area contributed by atoms with Crippen LogP contribution >= 0.6 is 0 Å². The Bertz CT molecular complexity index is 1370. The molecule has 5 rings (SSSR count). The number of carbonyl (C=O) groups is 1. The van der Waals surface area contributed by atoms with Gasteiger partial charge in [0, 0.05) is 37.1 Å². The van der Waals surface area contributed by atoms with Crippen molar-refractivity contribution < 1.29 is 14.3 Å². The number of ether oxygens (including phenoxy) is 2. The van der Waals surface area contributed by atoms with Gasteiger partial charge in [0.25, 0.3) is 5.91 Å². The summed E-state index contributed by atoms with van der Waals surface area (Å²) in [6, 6.07) is 13.0. The normalized spacial score (nSPS) is 15.5. The van der Waals surface area contributed by atoms with Crippen molar-refractivity contribution in [3.05, 3.63) is 83.7 Å². The van der Waals surface area contributed by atoms with Crippen LogP contribution in [0.25, 0.3) is 5.82 Å². The van der Waals surface area contributed by atoms with Gasteiger partial charge in [-0.1, -0.05) is 12.1 Å². The van der Waals surface area contributed by atoms with Crippen LogP contribution in [-0.2, 0) is 0 Å². The molecule has 0 spiro atoms. The number of amides is 1. The molecule has 1 aliphatic rings. The van der Waals surface area contributed by atoms with E-state index in [1.54, 1.807) is 30.4 Å². The molecular weight excluding hydrogens is 456 g/mol. The number of carbonyl (C=O) groups excluding carboxylic acids is 1. The maximum Gasteiger partial charge on any atom is 0.255 e. The summed E-state index contributed by atoms with van der Waals surface area (Å²) in [6.07, 6.45) is 6.76. The molecule has 1 fully saturated rings. The standard InChI is InChI=1S/C27H28N6O3/c1-18-13-19(2)33(31-18)25-11-10-20(14-29-25)27(34)32-12-6-7-21(17-32)22-15-28-16-26(30-22)36-24-9-5-4-8-23(24)35-3/h4-5,8-11,13-16,21H,6-7,12,17H2,1-3H3/t21-/m1/s1. The van der Waals surface area contributed by atoms with Crippen molar-refractivity contribution in [3.63, 3.8) is 0 Å². The lowest BCUT2D eigenvalue weighted by atomic mass is 9.94. The van der Waals surface area contributed by atoms with Crippen LogP contribution in [0.2, 0.25) is 0 Å². The number of nitrogens with zero attached hydrogens (tertiary/aromatic N) is 6. The van der Waals surface area contributed by atoms with Gasteiger partial charge >= 0.3 is 0 Å². The Labute approximate surface area is 209 Å². The van der Waals surface area contributed by atoms with E-state index in [-0.39, 0.29) is 11.8 Å². The van der Waals surface area contributed by atoms with Crippen molar-refractivity contribution in [2.45, 2.75) is 32.6 Å². The predicted molar refractivity (Wildman–Crippen MR) is 134 cm³/mol. The summed E-state index contributed by atoms with van der Waals surface area (Å²) in [6.45, 7) is 5.18. The van der Waals surface area contributed by atoms with Crippen LogP contribution in [0, 0.1) is 13.8 Å². The predicted octanol–water partition coefficient (Wildman–Crippen LogP) is 4.49. The third kappa shape index (κ3) is 4.91. The number of piperidine rings is 1. The molecule has 0 N–H and O–H groups in total. The summed E-state index contributed by atoms with van der Waals surface area (Å²) < 4.78 is 13.1. The molecule has 1 aromatic carbocycles. The van der Waals surface area contributed by atoms with E-state index in [4.69, 9.17) is 9.47 Å². The quantitative estimate of drug-likeness (QED) is 0.398. The minimum atomic E-state index is -0.0403. The number of para-hydroxylation sites is 2. The van der Waals surface area contributed by atoms with E-state index in [1.165, 1.54) is 0 Å². The van der Waals surface area contributed by atoms with E-state index in [0.717, 1.165) is 29.9 Å². The SMILES string of the molecule is COc1ccccc1Oc1cncc([C@@H]2CCCN(C(=O)c3ccc(-n4nc(C)cc4C)nc3)C2)n1. The van der Waals surface area contributed by atoms with Crippen LogP contribution in [0.15, 0.2) is 61.1 Å². The molecule has 0 radical (unpaired) electrons. The lowest BCUT2D eigenvalue weighted by Gasteiger charge is -2.32. The first kappa shape index (κ1) is 23.5. The van der Waals surface area contributed by atoms with Crippen molar-refractivity contribution in [2.75, 3.05) is 20.2 Å². The van der Waals surface area contributed by atoms with Crippen molar-refractivity contribution in [1.82, 2.24) is 29.6 Å². The number of methoxy groups -OCH3 is 1. The molecule has 1 saturated heterocycles. The molecule has 3 aromatic heterocycles.